The van der Waals surface area contributed by atoms with Gasteiger partial charge >= 0.3 is 0 Å². The van der Waals surface area contributed by atoms with Crippen molar-refractivity contribution >= 4 is 29.1 Å². The number of likely N-dealkylation sites (tertiary alicyclic amines) is 1. The van der Waals surface area contributed by atoms with Crippen LogP contribution >= 0.6 is 11.3 Å². The summed E-state index contributed by atoms with van der Waals surface area (Å²) < 4.78 is 5.30. The number of thiophene rings is 1. The number of hydrogen-bond donors (Lipinski definition) is 0. The van der Waals surface area contributed by atoms with Crippen LogP contribution in [-0.4, -0.2) is 36.0 Å². The van der Waals surface area contributed by atoms with Crippen molar-refractivity contribution in [1.82, 2.24) is 4.90 Å². The Hall–Kier alpha value is -2.24. The van der Waals surface area contributed by atoms with E-state index in [1.807, 2.05) is 60.2 Å². The van der Waals surface area contributed by atoms with Crippen molar-refractivity contribution in [1.29, 1.82) is 0 Å². The molecule has 0 saturated carbocycles. The standard InChI is InChI=1S/C21H21NO3S/c1-15-4-6-17(7-5-15)19(23)21(9-2-3-16-8-12-26-14-16)10-11-22(20(21)24)18-13-25-18/h2-8,12,14,18H,9-11,13H2,1H3/b3-2+/t18?,21-/m0/s1. The molecule has 1 unspecified atom stereocenters. The van der Waals surface area contributed by atoms with Crippen molar-refractivity contribution in [3.63, 3.8) is 0 Å². The Kier molecular flexibility index (Phi) is 4.51. The molecule has 2 aliphatic rings. The molecule has 2 atom stereocenters. The lowest BCUT2D eigenvalue weighted by atomic mass is 9.75. The van der Waals surface area contributed by atoms with Gasteiger partial charge in [-0.2, -0.15) is 11.3 Å². The van der Waals surface area contributed by atoms with Gasteiger partial charge in [0, 0.05) is 12.1 Å². The average molecular weight is 367 g/mol. The number of nitrogens with zero attached hydrogens (tertiary/aromatic N) is 1. The van der Waals surface area contributed by atoms with Crippen LogP contribution < -0.4 is 0 Å². The molecule has 0 radical (unpaired) electrons. The van der Waals surface area contributed by atoms with Crippen molar-refractivity contribution in [3.05, 3.63) is 63.9 Å². The second kappa shape index (κ2) is 6.82. The summed E-state index contributed by atoms with van der Waals surface area (Å²) in [6, 6.07) is 9.51. The van der Waals surface area contributed by atoms with Crippen molar-refractivity contribution < 1.29 is 14.3 Å². The molecule has 4 nitrogen and oxygen atoms in total. The molecule has 3 heterocycles. The van der Waals surface area contributed by atoms with Gasteiger partial charge in [0.25, 0.3) is 0 Å². The number of carbonyl (C=O) groups is 2. The number of allylic oxidation sites excluding steroid dienone is 1. The van der Waals surface area contributed by atoms with Crippen LogP contribution in [0.15, 0.2) is 47.2 Å². The van der Waals surface area contributed by atoms with Gasteiger partial charge in [-0.1, -0.05) is 42.0 Å². The fourth-order valence-electron chi connectivity index (χ4n) is 3.53. The fourth-order valence-corrected chi connectivity index (χ4v) is 4.16. The number of epoxide rings is 1. The molecular weight excluding hydrogens is 346 g/mol. The number of ether oxygens (including phenoxy) is 1. The maximum atomic E-state index is 13.4. The van der Waals surface area contributed by atoms with E-state index in [1.165, 1.54) is 0 Å². The minimum atomic E-state index is -1.02. The molecule has 5 heteroatoms. The molecule has 1 aromatic heterocycles. The quantitative estimate of drug-likeness (QED) is 0.442. The van der Waals surface area contributed by atoms with Crippen LogP contribution in [0.2, 0.25) is 0 Å². The number of amides is 1. The molecule has 2 saturated heterocycles. The predicted octanol–water partition coefficient (Wildman–Crippen LogP) is 3.92. The van der Waals surface area contributed by atoms with E-state index in [4.69, 9.17) is 4.74 Å². The van der Waals surface area contributed by atoms with E-state index < -0.39 is 5.41 Å². The molecule has 1 aromatic carbocycles. The van der Waals surface area contributed by atoms with E-state index in [-0.39, 0.29) is 17.9 Å². The largest absolute Gasteiger partial charge is 0.351 e. The molecular formula is C21H21NO3S. The van der Waals surface area contributed by atoms with Crippen molar-refractivity contribution in [2.24, 2.45) is 5.41 Å². The zero-order chi connectivity index (χ0) is 18.1. The lowest BCUT2D eigenvalue weighted by molar-refractivity contribution is -0.135. The van der Waals surface area contributed by atoms with E-state index in [0.29, 0.717) is 31.6 Å². The zero-order valence-corrected chi connectivity index (χ0v) is 15.5. The topological polar surface area (TPSA) is 49.9 Å². The molecule has 26 heavy (non-hydrogen) atoms. The van der Waals surface area contributed by atoms with Gasteiger partial charge in [0.15, 0.2) is 12.0 Å². The minimum Gasteiger partial charge on any atom is -0.351 e. The van der Waals surface area contributed by atoms with Crippen LogP contribution in [0.4, 0.5) is 0 Å². The van der Waals surface area contributed by atoms with Gasteiger partial charge in [-0.05, 0) is 42.2 Å². The molecule has 1 amide bonds. The SMILES string of the molecule is Cc1ccc(C(=O)[C@]2(C/C=C/c3ccsc3)CCN(C3CO3)C2=O)cc1. The highest BCUT2D eigenvalue weighted by molar-refractivity contribution is 7.08. The van der Waals surface area contributed by atoms with Gasteiger partial charge in [0.2, 0.25) is 5.91 Å². The predicted molar refractivity (Wildman–Crippen MR) is 102 cm³/mol. The maximum absolute atomic E-state index is 13.4. The lowest BCUT2D eigenvalue weighted by Gasteiger charge is -2.25. The number of rotatable bonds is 6. The molecule has 2 aromatic rings. The third-order valence-electron chi connectivity index (χ3n) is 5.18. The molecule has 2 fully saturated rings. The molecule has 0 bridgehead atoms. The first-order valence-electron chi connectivity index (χ1n) is 8.83. The Bertz CT molecular complexity index is 837. The smallest absolute Gasteiger partial charge is 0.239 e. The highest BCUT2D eigenvalue weighted by Gasteiger charge is 2.55. The first-order chi connectivity index (χ1) is 12.6. The van der Waals surface area contributed by atoms with Crippen LogP contribution in [0.25, 0.3) is 6.08 Å². The first-order valence-corrected chi connectivity index (χ1v) is 9.77. The van der Waals surface area contributed by atoms with E-state index in [2.05, 4.69) is 0 Å². The minimum absolute atomic E-state index is 0.0828. The molecule has 0 N–H and O–H groups in total. The van der Waals surface area contributed by atoms with E-state index in [0.717, 1.165) is 11.1 Å². The first kappa shape index (κ1) is 17.2. The number of ketones is 1. The number of hydrogen-bond acceptors (Lipinski definition) is 4. The summed E-state index contributed by atoms with van der Waals surface area (Å²) in [4.78, 5) is 28.3. The second-order valence-electron chi connectivity index (χ2n) is 6.98. The van der Waals surface area contributed by atoms with Crippen molar-refractivity contribution in [3.8, 4) is 0 Å². The highest BCUT2D eigenvalue weighted by atomic mass is 32.1. The molecule has 134 valence electrons. The molecule has 0 aliphatic carbocycles. The van der Waals surface area contributed by atoms with Crippen molar-refractivity contribution in [2.45, 2.75) is 26.0 Å². The van der Waals surface area contributed by atoms with Gasteiger partial charge in [-0.25, -0.2) is 0 Å². The average Bonchev–Trinajstić information content (AvgIpc) is 3.24. The zero-order valence-electron chi connectivity index (χ0n) is 14.7. The Balaban J connectivity index is 1.63. The van der Waals surface area contributed by atoms with Crippen LogP contribution in [0.1, 0.15) is 34.3 Å². The van der Waals surface area contributed by atoms with Crippen LogP contribution in [0, 0.1) is 12.3 Å². The summed E-state index contributed by atoms with van der Waals surface area (Å²) in [6.07, 6.45) is 4.76. The van der Waals surface area contributed by atoms with Crippen molar-refractivity contribution in [2.75, 3.05) is 13.2 Å². The molecule has 2 aliphatic heterocycles. The van der Waals surface area contributed by atoms with Crippen LogP contribution in [0.3, 0.4) is 0 Å². The monoisotopic (exact) mass is 367 g/mol. The summed E-state index contributed by atoms with van der Waals surface area (Å²) >= 11 is 1.63. The normalized spacial score (nSPS) is 25.2. The van der Waals surface area contributed by atoms with Crippen LogP contribution in [-0.2, 0) is 9.53 Å². The van der Waals surface area contributed by atoms with Gasteiger partial charge in [-0.15, -0.1) is 0 Å². The fraction of sp³-hybridized carbons (Fsp3) is 0.333. The Morgan fingerprint density at radius 2 is 2.12 bits per heavy atom. The molecule has 0 spiro atoms. The third kappa shape index (κ3) is 3.13. The molecule has 4 rings (SSSR count). The summed E-state index contributed by atoms with van der Waals surface area (Å²) in [6.45, 7) is 3.14. The van der Waals surface area contributed by atoms with Gasteiger partial charge in [0.05, 0.1) is 6.61 Å². The number of benzene rings is 1. The maximum Gasteiger partial charge on any atom is 0.239 e. The summed E-state index contributed by atoms with van der Waals surface area (Å²) in [5, 5.41) is 4.06. The lowest BCUT2D eigenvalue weighted by Crippen LogP contribution is -2.41. The number of aryl methyl sites for hydroxylation is 1. The van der Waals surface area contributed by atoms with Gasteiger partial charge in [0.1, 0.15) is 5.41 Å². The Morgan fingerprint density at radius 3 is 2.77 bits per heavy atom. The second-order valence-corrected chi connectivity index (χ2v) is 7.76. The highest BCUT2D eigenvalue weighted by Crippen LogP contribution is 2.41. The van der Waals surface area contributed by atoms with E-state index >= 15 is 0 Å². The summed E-state index contributed by atoms with van der Waals surface area (Å²) in [7, 11) is 0. The van der Waals surface area contributed by atoms with Gasteiger partial charge < -0.3 is 9.64 Å². The number of carbonyl (C=O) groups excluding carboxylic acids is 2. The van der Waals surface area contributed by atoms with Gasteiger partial charge in [-0.3, -0.25) is 9.59 Å². The Morgan fingerprint density at radius 1 is 1.35 bits per heavy atom. The summed E-state index contributed by atoms with van der Waals surface area (Å²) in [5.41, 5.74) is 1.78. The van der Waals surface area contributed by atoms with Crippen LogP contribution in [0.5, 0.6) is 0 Å². The number of Topliss-reactive ketones (excluding diaryl/α,β-unsaturated/α-hetero) is 1. The Labute approximate surface area is 157 Å². The third-order valence-corrected chi connectivity index (χ3v) is 5.88. The van der Waals surface area contributed by atoms with E-state index in [1.54, 1.807) is 16.2 Å². The summed E-state index contributed by atoms with van der Waals surface area (Å²) in [5.74, 6) is -0.179. The van der Waals surface area contributed by atoms with E-state index in [9.17, 15) is 9.59 Å².